The lowest BCUT2D eigenvalue weighted by Gasteiger charge is -2.32. The van der Waals surface area contributed by atoms with Crippen LogP contribution in [0.15, 0.2) is 59.0 Å². The number of fused-ring (bicyclic) bond motifs is 1. The fraction of sp³-hybridized carbons (Fsp3) is 0.375. The molecule has 1 aliphatic heterocycles. The Morgan fingerprint density at radius 2 is 1.97 bits per heavy atom. The fourth-order valence-corrected chi connectivity index (χ4v) is 4.16. The van der Waals surface area contributed by atoms with Crippen LogP contribution < -0.4 is 5.32 Å². The Bertz CT molecular complexity index is 960. The van der Waals surface area contributed by atoms with Crippen molar-refractivity contribution in [2.24, 2.45) is 5.92 Å². The molecule has 29 heavy (non-hydrogen) atoms. The first kappa shape index (κ1) is 19.7. The number of rotatable bonds is 7. The number of methoxy groups -OCH3 is 1. The normalized spacial score (nSPS) is 17.5. The minimum absolute atomic E-state index is 0.00849. The quantitative estimate of drug-likeness (QED) is 0.654. The third-order valence-corrected chi connectivity index (χ3v) is 5.57. The van der Waals surface area contributed by atoms with Crippen LogP contribution in [0.25, 0.3) is 10.8 Å². The highest BCUT2D eigenvalue weighted by atomic mass is 16.5. The van der Waals surface area contributed by atoms with Gasteiger partial charge in [-0.1, -0.05) is 36.4 Å². The number of amides is 1. The van der Waals surface area contributed by atoms with Gasteiger partial charge in [0.15, 0.2) is 0 Å². The van der Waals surface area contributed by atoms with E-state index in [1.54, 1.807) is 7.11 Å². The lowest BCUT2D eigenvalue weighted by molar-refractivity contribution is 0.0929. The van der Waals surface area contributed by atoms with Crippen LogP contribution >= 0.6 is 0 Å². The van der Waals surface area contributed by atoms with Gasteiger partial charge in [-0.15, -0.1) is 0 Å². The van der Waals surface area contributed by atoms with Gasteiger partial charge in [0, 0.05) is 25.8 Å². The van der Waals surface area contributed by atoms with Crippen molar-refractivity contribution in [1.82, 2.24) is 10.2 Å². The zero-order valence-electron chi connectivity index (χ0n) is 16.9. The standard InChI is InChI=1S/C24H28N2O3/c1-28-17-21-12-11-20(29-21)16-26-13-5-6-18(15-26)14-25-24(27)23-10-4-8-19-7-2-3-9-22(19)23/h2-4,7-12,18H,5-6,13-17H2,1H3,(H,25,27). The maximum Gasteiger partial charge on any atom is 0.251 e. The van der Waals surface area contributed by atoms with E-state index in [-0.39, 0.29) is 5.91 Å². The number of benzene rings is 2. The summed E-state index contributed by atoms with van der Waals surface area (Å²) in [6, 6.07) is 17.9. The van der Waals surface area contributed by atoms with Crippen molar-refractivity contribution in [1.29, 1.82) is 0 Å². The summed E-state index contributed by atoms with van der Waals surface area (Å²) in [4.78, 5) is 15.2. The smallest absolute Gasteiger partial charge is 0.251 e. The molecule has 1 aromatic heterocycles. The van der Waals surface area contributed by atoms with Crippen LogP contribution in [-0.4, -0.2) is 37.6 Å². The summed E-state index contributed by atoms with van der Waals surface area (Å²) < 4.78 is 10.9. The molecular weight excluding hydrogens is 364 g/mol. The largest absolute Gasteiger partial charge is 0.462 e. The molecular formula is C24H28N2O3. The number of hydrogen-bond acceptors (Lipinski definition) is 4. The second-order valence-electron chi connectivity index (χ2n) is 7.78. The molecule has 3 aromatic rings. The third kappa shape index (κ3) is 4.86. The van der Waals surface area contributed by atoms with Crippen molar-refractivity contribution in [3.8, 4) is 0 Å². The first-order valence-electron chi connectivity index (χ1n) is 10.3. The van der Waals surface area contributed by atoms with Gasteiger partial charge in [-0.25, -0.2) is 0 Å². The molecule has 0 saturated carbocycles. The molecule has 0 aliphatic carbocycles. The van der Waals surface area contributed by atoms with Crippen LogP contribution in [0.1, 0.15) is 34.7 Å². The van der Waals surface area contributed by atoms with Crippen molar-refractivity contribution in [2.75, 3.05) is 26.7 Å². The summed E-state index contributed by atoms with van der Waals surface area (Å²) in [5.74, 6) is 2.29. The number of carbonyl (C=O) groups is 1. The van der Waals surface area contributed by atoms with E-state index in [0.717, 1.165) is 60.3 Å². The van der Waals surface area contributed by atoms with E-state index in [1.807, 2.05) is 54.6 Å². The molecule has 0 bridgehead atoms. The van der Waals surface area contributed by atoms with Gasteiger partial charge in [-0.05, 0) is 54.3 Å². The molecule has 1 aliphatic rings. The van der Waals surface area contributed by atoms with Crippen molar-refractivity contribution >= 4 is 16.7 Å². The summed E-state index contributed by atoms with van der Waals surface area (Å²) >= 11 is 0. The molecule has 2 heterocycles. The number of carbonyl (C=O) groups excluding carboxylic acids is 1. The van der Waals surface area contributed by atoms with Gasteiger partial charge < -0.3 is 14.5 Å². The molecule has 4 rings (SSSR count). The molecule has 1 N–H and O–H groups in total. The molecule has 5 heteroatoms. The van der Waals surface area contributed by atoms with Gasteiger partial charge >= 0.3 is 0 Å². The number of hydrogen-bond donors (Lipinski definition) is 1. The van der Waals surface area contributed by atoms with E-state index in [1.165, 1.54) is 0 Å². The zero-order chi connectivity index (χ0) is 20.1. The third-order valence-electron chi connectivity index (χ3n) is 5.57. The summed E-state index contributed by atoms with van der Waals surface area (Å²) in [5.41, 5.74) is 0.747. The van der Waals surface area contributed by atoms with Crippen LogP contribution in [-0.2, 0) is 17.9 Å². The highest BCUT2D eigenvalue weighted by molar-refractivity contribution is 6.06. The van der Waals surface area contributed by atoms with Crippen molar-refractivity contribution in [3.63, 3.8) is 0 Å². The lowest BCUT2D eigenvalue weighted by atomic mass is 9.97. The minimum atomic E-state index is 0.00849. The second-order valence-corrected chi connectivity index (χ2v) is 7.78. The average molecular weight is 392 g/mol. The summed E-state index contributed by atoms with van der Waals surface area (Å²) in [7, 11) is 1.67. The zero-order valence-corrected chi connectivity index (χ0v) is 16.9. The molecule has 1 unspecified atom stereocenters. The van der Waals surface area contributed by atoms with Gasteiger partial charge in [-0.2, -0.15) is 0 Å². The first-order valence-corrected chi connectivity index (χ1v) is 10.3. The van der Waals surface area contributed by atoms with Gasteiger partial charge in [0.2, 0.25) is 0 Å². The maximum atomic E-state index is 12.8. The van der Waals surface area contributed by atoms with E-state index >= 15 is 0 Å². The minimum Gasteiger partial charge on any atom is -0.462 e. The number of furan rings is 1. The number of piperidine rings is 1. The Balaban J connectivity index is 1.32. The van der Waals surface area contributed by atoms with Crippen LogP contribution in [0.5, 0.6) is 0 Å². The van der Waals surface area contributed by atoms with Crippen LogP contribution in [0.4, 0.5) is 0 Å². The SMILES string of the molecule is COCc1ccc(CN2CCCC(CNC(=O)c3cccc4ccccc34)C2)o1. The molecule has 5 nitrogen and oxygen atoms in total. The monoisotopic (exact) mass is 392 g/mol. The molecule has 1 fully saturated rings. The number of likely N-dealkylation sites (tertiary alicyclic amines) is 1. The second kappa shape index (κ2) is 9.25. The van der Waals surface area contributed by atoms with Crippen LogP contribution in [0.3, 0.4) is 0 Å². The number of nitrogens with zero attached hydrogens (tertiary/aromatic N) is 1. The summed E-state index contributed by atoms with van der Waals surface area (Å²) in [6.45, 7) is 4.04. The summed E-state index contributed by atoms with van der Waals surface area (Å²) in [6.07, 6.45) is 2.28. The molecule has 1 atom stereocenters. The van der Waals surface area contributed by atoms with E-state index < -0.39 is 0 Å². The lowest BCUT2D eigenvalue weighted by Crippen LogP contribution is -2.40. The van der Waals surface area contributed by atoms with Crippen LogP contribution in [0, 0.1) is 5.92 Å². The highest BCUT2D eigenvalue weighted by Crippen LogP contribution is 2.21. The van der Waals surface area contributed by atoms with Crippen molar-refractivity contribution < 1.29 is 13.9 Å². The maximum absolute atomic E-state index is 12.8. The molecule has 152 valence electrons. The molecule has 2 aromatic carbocycles. The highest BCUT2D eigenvalue weighted by Gasteiger charge is 2.22. The topological polar surface area (TPSA) is 54.7 Å². The van der Waals surface area contributed by atoms with Gasteiger partial charge in [0.1, 0.15) is 18.1 Å². The Morgan fingerprint density at radius 3 is 2.86 bits per heavy atom. The predicted octanol–water partition coefficient (Wildman–Crippen LogP) is 4.22. The van der Waals surface area contributed by atoms with Crippen LogP contribution in [0.2, 0.25) is 0 Å². The predicted molar refractivity (Wildman–Crippen MR) is 114 cm³/mol. The number of nitrogens with one attached hydrogen (secondary N) is 1. The Labute approximate surface area is 171 Å². The van der Waals surface area contributed by atoms with E-state index in [9.17, 15) is 4.79 Å². The number of ether oxygens (including phenoxy) is 1. The van der Waals surface area contributed by atoms with E-state index in [2.05, 4.69) is 10.2 Å². The molecule has 0 radical (unpaired) electrons. The first-order chi connectivity index (χ1) is 14.2. The Morgan fingerprint density at radius 1 is 1.14 bits per heavy atom. The fourth-order valence-electron chi connectivity index (χ4n) is 4.16. The molecule has 1 amide bonds. The summed E-state index contributed by atoms with van der Waals surface area (Å²) in [5, 5.41) is 5.26. The molecule has 0 spiro atoms. The van der Waals surface area contributed by atoms with E-state index in [0.29, 0.717) is 19.1 Å². The molecule has 1 saturated heterocycles. The van der Waals surface area contributed by atoms with Crippen molar-refractivity contribution in [2.45, 2.75) is 26.0 Å². The Hall–Kier alpha value is -2.63. The van der Waals surface area contributed by atoms with Gasteiger partial charge in [0.05, 0.1) is 6.54 Å². The van der Waals surface area contributed by atoms with E-state index in [4.69, 9.17) is 9.15 Å². The average Bonchev–Trinajstić information content (AvgIpc) is 3.19. The van der Waals surface area contributed by atoms with Gasteiger partial charge in [0.25, 0.3) is 5.91 Å². The van der Waals surface area contributed by atoms with Crippen molar-refractivity contribution in [3.05, 3.63) is 71.7 Å². The Kier molecular flexibility index (Phi) is 6.27. The van der Waals surface area contributed by atoms with Gasteiger partial charge in [-0.3, -0.25) is 9.69 Å².